The Hall–Kier alpha value is -0.870. The molecule has 3 nitrogen and oxygen atoms in total. The van der Waals surface area contributed by atoms with E-state index in [4.69, 9.17) is 0 Å². The lowest BCUT2D eigenvalue weighted by Crippen LogP contribution is -2.31. The van der Waals surface area contributed by atoms with Crippen LogP contribution in [0.4, 0.5) is 0 Å². The predicted octanol–water partition coefficient (Wildman–Crippen LogP) is 2.08. The summed E-state index contributed by atoms with van der Waals surface area (Å²) in [4.78, 5) is 0.472. The maximum atomic E-state index is 12.5. The number of rotatable bonds is 5. The zero-order valence-corrected chi connectivity index (χ0v) is 11.8. The lowest BCUT2D eigenvalue weighted by atomic mass is 10.2. The van der Waals surface area contributed by atoms with Crippen molar-refractivity contribution in [3.63, 3.8) is 0 Å². The third kappa shape index (κ3) is 3.07. The molecule has 0 aliphatic rings. The van der Waals surface area contributed by atoms with Gasteiger partial charge < -0.3 is 5.32 Å². The van der Waals surface area contributed by atoms with Crippen LogP contribution in [0.3, 0.4) is 0 Å². The van der Waals surface area contributed by atoms with Crippen LogP contribution in [0.2, 0.25) is 0 Å². The maximum Gasteiger partial charge on any atom is 0.182 e. The molecule has 0 aliphatic carbocycles. The van der Waals surface area contributed by atoms with Crippen molar-refractivity contribution in [3.05, 3.63) is 29.3 Å². The third-order valence-corrected chi connectivity index (χ3v) is 5.41. The summed E-state index contributed by atoms with van der Waals surface area (Å²) in [6, 6.07) is 5.57. The van der Waals surface area contributed by atoms with E-state index in [-0.39, 0.29) is 5.25 Å². The molecule has 0 fully saturated rings. The molecular weight excluding hydrogens is 234 g/mol. The van der Waals surface area contributed by atoms with E-state index in [1.165, 1.54) is 0 Å². The molecule has 0 bridgehead atoms. The van der Waals surface area contributed by atoms with Crippen LogP contribution in [0.5, 0.6) is 0 Å². The molecule has 1 N–H and O–H groups in total. The van der Waals surface area contributed by atoms with E-state index in [1.807, 2.05) is 32.9 Å². The number of aryl methyl sites for hydroxylation is 2. The molecule has 0 heterocycles. The highest BCUT2D eigenvalue weighted by molar-refractivity contribution is 7.92. The van der Waals surface area contributed by atoms with E-state index in [0.29, 0.717) is 17.9 Å². The molecule has 1 aromatic rings. The van der Waals surface area contributed by atoms with Crippen LogP contribution in [-0.4, -0.2) is 27.3 Å². The zero-order valence-electron chi connectivity index (χ0n) is 10.9. The van der Waals surface area contributed by atoms with Gasteiger partial charge in [-0.1, -0.05) is 19.1 Å². The molecule has 1 atom stereocenters. The molecule has 1 unspecified atom stereocenters. The van der Waals surface area contributed by atoms with Gasteiger partial charge in [0, 0.05) is 6.54 Å². The molecule has 0 radical (unpaired) electrons. The summed E-state index contributed by atoms with van der Waals surface area (Å²) in [7, 11) is -1.45. The monoisotopic (exact) mass is 255 g/mol. The standard InChI is InChI=1S/C13H21NO2S/c1-5-12(9-14-4)17(15,16)13-8-10(2)6-7-11(13)3/h6-8,12,14H,5,9H2,1-4H3. The van der Waals surface area contributed by atoms with E-state index in [0.717, 1.165) is 11.1 Å². The first-order chi connectivity index (χ1) is 7.93. The summed E-state index contributed by atoms with van der Waals surface area (Å²) >= 11 is 0. The Kier molecular flexibility index (Phi) is 4.71. The highest BCUT2D eigenvalue weighted by Gasteiger charge is 2.26. The topological polar surface area (TPSA) is 46.2 Å². The van der Waals surface area contributed by atoms with Gasteiger partial charge in [0.1, 0.15) is 0 Å². The summed E-state index contributed by atoms with van der Waals surface area (Å²) < 4.78 is 25.0. The normalized spacial score (nSPS) is 13.6. The first-order valence-corrected chi connectivity index (χ1v) is 7.43. The fraction of sp³-hybridized carbons (Fsp3) is 0.538. The Morgan fingerprint density at radius 1 is 1.29 bits per heavy atom. The largest absolute Gasteiger partial charge is 0.318 e. The van der Waals surface area contributed by atoms with Crippen LogP contribution in [-0.2, 0) is 9.84 Å². The fourth-order valence-corrected chi connectivity index (χ4v) is 3.95. The molecule has 0 spiro atoms. The Balaban J connectivity index is 3.24. The Bertz CT molecular complexity index is 480. The molecule has 0 aromatic heterocycles. The fourth-order valence-electron chi connectivity index (χ4n) is 1.89. The van der Waals surface area contributed by atoms with Crippen molar-refractivity contribution >= 4 is 9.84 Å². The van der Waals surface area contributed by atoms with Crippen molar-refractivity contribution in [2.75, 3.05) is 13.6 Å². The van der Waals surface area contributed by atoms with Crippen molar-refractivity contribution in [2.45, 2.75) is 37.3 Å². The molecule has 0 saturated carbocycles. The van der Waals surface area contributed by atoms with Gasteiger partial charge >= 0.3 is 0 Å². The van der Waals surface area contributed by atoms with E-state index >= 15 is 0 Å². The second-order valence-corrected chi connectivity index (χ2v) is 6.60. The first kappa shape index (κ1) is 14.2. The van der Waals surface area contributed by atoms with Crippen molar-refractivity contribution in [1.29, 1.82) is 0 Å². The van der Waals surface area contributed by atoms with Crippen LogP contribution in [0, 0.1) is 13.8 Å². The second kappa shape index (κ2) is 5.65. The van der Waals surface area contributed by atoms with E-state index < -0.39 is 9.84 Å². The maximum absolute atomic E-state index is 12.5. The summed E-state index contributed by atoms with van der Waals surface area (Å²) in [5.41, 5.74) is 1.80. The molecule has 0 aliphatic heterocycles. The Labute approximate surface area is 104 Å². The van der Waals surface area contributed by atoms with Crippen molar-refractivity contribution < 1.29 is 8.42 Å². The molecule has 0 amide bonds. The minimum Gasteiger partial charge on any atom is -0.318 e. The van der Waals surface area contributed by atoms with Crippen LogP contribution in [0.15, 0.2) is 23.1 Å². The Morgan fingerprint density at radius 2 is 1.94 bits per heavy atom. The van der Waals surface area contributed by atoms with E-state index in [1.54, 1.807) is 13.1 Å². The molecule has 1 aromatic carbocycles. The summed E-state index contributed by atoms with van der Waals surface area (Å²) in [5.74, 6) is 0. The van der Waals surface area contributed by atoms with Crippen LogP contribution < -0.4 is 5.32 Å². The summed E-state index contributed by atoms with van der Waals surface area (Å²) in [6.45, 7) is 6.16. The van der Waals surface area contributed by atoms with Gasteiger partial charge in [0.05, 0.1) is 10.1 Å². The average molecular weight is 255 g/mol. The van der Waals surface area contributed by atoms with Crippen LogP contribution in [0.1, 0.15) is 24.5 Å². The molecular formula is C13H21NO2S. The number of hydrogen-bond acceptors (Lipinski definition) is 3. The van der Waals surface area contributed by atoms with Gasteiger partial charge in [-0.25, -0.2) is 8.42 Å². The van der Waals surface area contributed by atoms with Crippen LogP contribution >= 0.6 is 0 Å². The van der Waals surface area contributed by atoms with Gasteiger partial charge in [-0.2, -0.15) is 0 Å². The third-order valence-electron chi connectivity index (χ3n) is 2.98. The Morgan fingerprint density at radius 3 is 2.47 bits per heavy atom. The molecule has 4 heteroatoms. The predicted molar refractivity (Wildman–Crippen MR) is 71.1 cm³/mol. The lowest BCUT2D eigenvalue weighted by molar-refractivity contribution is 0.567. The summed E-state index contributed by atoms with van der Waals surface area (Å²) in [5, 5.41) is 2.60. The zero-order chi connectivity index (χ0) is 13.1. The summed E-state index contributed by atoms with van der Waals surface area (Å²) in [6.07, 6.45) is 0.622. The number of benzene rings is 1. The molecule has 17 heavy (non-hydrogen) atoms. The van der Waals surface area contributed by atoms with Crippen molar-refractivity contribution in [1.82, 2.24) is 5.32 Å². The van der Waals surface area contributed by atoms with Gasteiger partial charge in [-0.3, -0.25) is 0 Å². The van der Waals surface area contributed by atoms with Crippen LogP contribution in [0.25, 0.3) is 0 Å². The van der Waals surface area contributed by atoms with Gasteiger partial charge in [0.25, 0.3) is 0 Å². The quantitative estimate of drug-likeness (QED) is 0.876. The molecule has 96 valence electrons. The lowest BCUT2D eigenvalue weighted by Gasteiger charge is -2.17. The minimum absolute atomic E-state index is 0.354. The highest BCUT2D eigenvalue weighted by Crippen LogP contribution is 2.22. The van der Waals surface area contributed by atoms with Crippen molar-refractivity contribution in [3.8, 4) is 0 Å². The van der Waals surface area contributed by atoms with Gasteiger partial charge in [0.2, 0.25) is 0 Å². The van der Waals surface area contributed by atoms with E-state index in [9.17, 15) is 8.42 Å². The first-order valence-electron chi connectivity index (χ1n) is 5.89. The minimum atomic E-state index is -3.23. The van der Waals surface area contributed by atoms with Crippen molar-refractivity contribution in [2.24, 2.45) is 0 Å². The number of nitrogens with one attached hydrogen (secondary N) is 1. The van der Waals surface area contributed by atoms with Gasteiger partial charge in [0.15, 0.2) is 9.84 Å². The smallest absolute Gasteiger partial charge is 0.182 e. The highest BCUT2D eigenvalue weighted by atomic mass is 32.2. The number of sulfone groups is 1. The van der Waals surface area contributed by atoms with Gasteiger partial charge in [-0.15, -0.1) is 0 Å². The SMILES string of the molecule is CCC(CNC)S(=O)(=O)c1cc(C)ccc1C. The number of hydrogen-bond donors (Lipinski definition) is 1. The van der Waals surface area contributed by atoms with Gasteiger partial charge in [-0.05, 0) is 44.5 Å². The molecule has 1 rings (SSSR count). The molecule has 0 saturated heterocycles. The average Bonchev–Trinajstić information content (AvgIpc) is 2.28. The second-order valence-electron chi connectivity index (χ2n) is 4.40. The van der Waals surface area contributed by atoms with E-state index in [2.05, 4.69) is 5.32 Å².